The quantitative estimate of drug-likeness (QED) is 0.745. The molecule has 0 aromatic heterocycles. The minimum atomic E-state index is -0.953. The molecule has 0 heterocycles. The fraction of sp³-hybridized carbons (Fsp3) is 0.167. The number of anilines is 2. The normalized spacial score (nSPS) is 11.3. The van der Waals surface area contributed by atoms with Crippen LogP contribution in [0.1, 0.15) is 24.2 Å². The van der Waals surface area contributed by atoms with Crippen LogP contribution in [0.3, 0.4) is 0 Å². The highest BCUT2D eigenvalue weighted by Gasteiger charge is 2.19. The summed E-state index contributed by atoms with van der Waals surface area (Å²) in [4.78, 5) is 35.1. The van der Waals surface area contributed by atoms with Gasteiger partial charge in [0.2, 0.25) is 5.91 Å². The van der Waals surface area contributed by atoms with Crippen molar-refractivity contribution in [2.75, 3.05) is 10.6 Å². The maximum atomic E-state index is 12.1. The van der Waals surface area contributed by atoms with E-state index in [1.54, 1.807) is 48.5 Å². The third-order valence-corrected chi connectivity index (χ3v) is 3.73. The van der Waals surface area contributed by atoms with E-state index in [-0.39, 0.29) is 5.91 Å². The predicted molar refractivity (Wildman–Crippen MR) is 98.4 cm³/mol. The first-order valence-corrected chi connectivity index (χ1v) is 8.29. The molecule has 0 unspecified atom stereocenters. The average Bonchev–Trinajstić information content (AvgIpc) is 2.56. The minimum Gasteiger partial charge on any atom is -0.449 e. The van der Waals surface area contributed by atoms with Crippen LogP contribution in [0.25, 0.3) is 0 Å². The standard InChI is InChI=1S/C18H17BrN2O4/c1-11(25-18(24)13-3-5-14(19)6-4-13)17(23)21-16-9-7-15(8-10-16)20-12(2)22/h3-11H,1-2H3,(H,20,22)(H,21,23)/t11-/m0/s1. The smallest absolute Gasteiger partial charge is 0.338 e. The molecule has 0 radical (unpaired) electrons. The van der Waals surface area contributed by atoms with Gasteiger partial charge in [-0.3, -0.25) is 9.59 Å². The topological polar surface area (TPSA) is 84.5 Å². The van der Waals surface area contributed by atoms with Gasteiger partial charge in [0.25, 0.3) is 5.91 Å². The number of hydrogen-bond acceptors (Lipinski definition) is 4. The SMILES string of the molecule is CC(=O)Nc1ccc(NC(=O)[C@H](C)OC(=O)c2ccc(Br)cc2)cc1. The Balaban J connectivity index is 1.92. The van der Waals surface area contributed by atoms with E-state index in [4.69, 9.17) is 4.74 Å². The Labute approximate surface area is 153 Å². The van der Waals surface area contributed by atoms with E-state index < -0.39 is 18.0 Å². The Morgan fingerprint density at radius 1 is 0.920 bits per heavy atom. The summed E-state index contributed by atoms with van der Waals surface area (Å²) in [6.07, 6.45) is -0.953. The highest BCUT2D eigenvalue weighted by atomic mass is 79.9. The van der Waals surface area contributed by atoms with Crippen LogP contribution >= 0.6 is 15.9 Å². The molecule has 2 aromatic carbocycles. The van der Waals surface area contributed by atoms with Gasteiger partial charge in [0.15, 0.2) is 6.10 Å². The molecular weight excluding hydrogens is 388 g/mol. The highest BCUT2D eigenvalue weighted by molar-refractivity contribution is 9.10. The molecule has 2 rings (SSSR count). The molecule has 25 heavy (non-hydrogen) atoms. The molecule has 0 spiro atoms. The van der Waals surface area contributed by atoms with E-state index in [1.807, 2.05) is 0 Å². The van der Waals surface area contributed by atoms with Crippen LogP contribution in [0, 0.1) is 0 Å². The molecule has 6 nitrogen and oxygen atoms in total. The number of hydrogen-bond donors (Lipinski definition) is 2. The lowest BCUT2D eigenvalue weighted by atomic mass is 10.2. The number of nitrogens with one attached hydrogen (secondary N) is 2. The van der Waals surface area contributed by atoms with E-state index in [0.29, 0.717) is 16.9 Å². The minimum absolute atomic E-state index is 0.176. The zero-order chi connectivity index (χ0) is 18.4. The molecule has 2 aromatic rings. The van der Waals surface area contributed by atoms with Crippen LogP contribution in [0.2, 0.25) is 0 Å². The van der Waals surface area contributed by atoms with Crippen molar-refractivity contribution in [3.05, 3.63) is 58.6 Å². The first-order chi connectivity index (χ1) is 11.8. The predicted octanol–water partition coefficient (Wildman–Crippen LogP) is 3.59. The monoisotopic (exact) mass is 404 g/mol. The second-order valence-electron chi connectivity index (χ2n) is 5.30. The summed E-state index contributed by atoms with van der Waals surface area (Å²) >= 11 is 3.28. The van der Waals surface area contributed by atoms with Crippen molar-refractivity contribution in [1.29, 1.82) is 0 Å². The van der Waals surface area contributed by atoms with Gasteiger partial charge in [-0.2, -0.15) is 0 Å². The van der Waals surface area contributed by atoms with Crippen molar-refractivity contribution in [2.45, 2.75) is 20.0 Å². The van der Waals surface area contributed by atoms with Crippen LogP contribution in [0.5, 0.6) is 0 Å². The van der Waals surface area contributed by atoms with Crippen molar-refractivity contribution < 1.29 is 19.1 Å². The fourth-order valence-electron chi connectivity index (χ4n) is 1.95. The summed E-state index contributed by atoms with van der Waals surface area (Å²) in [7, 11) is 0. The van der Waals surface area contributed by atoms with Gasteiger partial charge >= 0.3 is 5.97 Å². The molecule has 0 aliphatic carbocycles. The third kappa shape index (κ3) is 5.72. The van der Waals surface area contributed by atoms with Gasteiger partial charge in [0.05, 0.1) is 5.56 Å². The van der Waals surface area contributed by atoms with Crippen LogP contribution in [-0.2, 0) is 14.3 Å². The highest BCUT2D eigenvalue weighted by Crippen LogP contribution is 2.15. The number of amides is 2. The van der Waals surface area contributed by atoms with E-state index in [1.165, 1.54) is 13.8 Å². The first-order valence-electron chi connectivity index (χ1n) is 7.50. The van der Waals surface area contributed by atoms with Crippen molar-refractivity contribution >= 4 is 45.1 Å². The van der Waals surface area contributed by atoms with E-state index >= 15 is 0 Å². The summed E-state index contributed by atoms with van der Waals surface area (Å²) in [5.41, 5.74) is 1.52. The lowest BCUT2D eigenvalue weighted by Gasteiger charge is -2.14. The Kier molecular flexibility index (Phi) is 6.30. The van der Waals surface area contributed by atoms with Gasteiger partial charge in [-0.15, -0.1) is 0 Å². The Bertz CT molecular complexity index is 773. The Morgan fingerprint density at radius 3 is 1.96 bits per heavy atom. The molecule has 0 fully saturated rings. The van der Waals surface area contributed by atoms with Crippen LogP contribution < -0.4 is 10.6 Å². The molecule has 2 N–H and O–H groups in total. The van der Waals surface area contributed by atoms with Crippen LogP contribution in [0.15, 0.2) is 53.0 Å². The Morgan fingerprint density at radius 2 is 1.44 bits per heavy atom. The fourth-order valence-corrected chi connectivity index (χ4v) is 2.22. The lowest BCUT2D eigenvalue weighted by Crippen LogP contribution is -2.30. The zero-order valence-corrected chi connectivity index (χ0v) is 15.3. The first kappa shape index (κ1) is 18.7. The maximum absolute atomic E-state index is 12.1. The number of rotatable bonds is 5. The second-order valence-corrected chi connectivity index (χ2v) is 6.22. The molecule has 2 amide bonds. The molecule has 0 aliphatic heterocycles. The molecular formula is C18H17BrN2O4. The van der Waals surface area contributed by atoms with Gasteiger partial charge in [-0.1, -0.05) is 15.9 Å². The maximum Gasteiger partial charge on any atom is 0.338 e. The van der Waals surface area contributed by atoms with E-state index in [9.17, 15) is 14.4 Å². The van der Waals surface area contributed by atoms with E-state index in [0.717, 1.165) is 4.47 Å². The number of esters is 1. The van der Waals surface area contributed by atoms with Gasteiger partial charge in [0, 0.05) is 22.8 Å². The Hall–Kier alpha value is -2.67. The molecule has 0 aliphatic rings. The van der Waals surface area contributed by atoms with Gasteiger partial charge < -0.3 is 15.4 Å². The number of benzene rings is 2. The summed E-state index contributed by atoms with van der Waals surface area (Å²) in [6.45, 7) is 2.91. The molecule has 0 saturated carbocycles. The third-order valence-electron chi connectivity index (χ3n) is 3.21. The van der Waals surface area contributed by atoms with Crippen molar-refractivity contribution in [3.8, 4) is 0 Å². The number of ether oxygens (including phenoxy) is 1. The number of halogens is 1. The summed E-state index contributed by atoms with van der Waals surface area (Å²) in [6, 6.07) is 13.3. The average molecular weight is 405 g/mol. The van der Waals surface area contributed by atoms with Gasteiger partial charge in [0.1, 0.15) is 0 Å². The number of carbonyl (C=O) groups is 3. The van der Waals surface area contributed by atoms with E-state index in [2.05, 4.69) is 26.6 Å². The summed E-state index contributed by atoms with van der Waals surface area (Å²) < 4.78 is 6.01. The summed E-state index contributed by atoms with van der Waals surface area (Å²) in [5, 5.41) is 5.28. The molecule has 0 saturated heterocycles. The summed E-state index contributed by atoms with van der Waals surface area (Å²) in [5.74, 6) is -1.20. The van der Waals surface area contributed by atoms with Crippen molar-refractivity contribution in [2.24, 2.45) is 0 Å². The van der Waals surface area contributed by atoms with Crippen molar-refractivity contribution in [3.63, 3.8) is 0 Å². The second kappa shape index (κ2) is 8.43. The van der Waals surface area contributed by atoms with Gasteiger partial charge in [-0.05, 0) is 55.5 Å². The lowest BCUT2D eigenvalue weighted by molar-refractivity contribution is -0.123. The number of carbonyl (C=O) groups excluding carboxylic acids is 3. The van der Waals surface area contributed by atoms with Crippen LogP contribution in [-0.4, -0.2) is 23.9 Å². The van der Waals surface area contributed by atoms with Crippen LogP contribution in [0.4, 0.5) is 11.4 Å². The molecule has 0 bridgehead atoms. The molecule has 7 heteroatoms. The molecule has 130 valence electrons. The largest absolute Gasteiger partial charge is 0.449 e. The molecule has 1 atom stereocenters. The zero-order valence-electron chi connectivity index (χ0n) is 13.7. The van der Waals surface area contributed by atoms with Crippen molar-refractivity contribution in [1.82, 2.24) is 0 Å². The van der Waals surface area contributed by atoms with Gasteiger partial charge in [-0.25, -0.2) is 4.79 Å².